The monoisotopic (exact) mass is 293 g/mol. The molecule has 0 aromatic carbocycles. The minimum atomic E-state index is -0.170. The van der Waals surface area contributed by atoms with Crippen molar-refractivity contribution < 1.29 is 9.50 Å². The van der Waals surface area contributed by atoms with Crippen LogP contribution in [0, 0.1) is 17.8 Å². The predicted octanol–water partition coefficient (Wildman–Crippen LogP) is 3.75. The summed E-state index contributed by atoms with van der Waals surface area (Å²) in [5, 5.41) is 13.1. The molecule has 2 fully saturated rings. The highest BCUT2D eigenvalue weighted by Gasteiger charge is 2.38. The van der Waals surface area contributed by atoms with Gasteiger partial charge in [0.2, 0.25) is 0 Å². The van der Waals surface area contributed by atoms with Crippen molar-refractivity contribution in [1.29, 1.82) is 0 Å². The van der Waals surface area contributed by atoms with Crippen LogP contribution in [0.2, 0.25) is 0 Å². The molecule has 0 radical (unpaired) electrons. The van der Waals surface area contributed by atoms with Gasteiger partial charge in [-0.05, 0) is 81.1 Å². The second-order valence-corrected chi connectivity index (χ2v) is 6.58. The van der Waals surface area contributed by atoms with Crippen LogP contribution in [0.25, 0.3) is 0 Å². The Morgan fingerprint density at radius 1 is 1.33 bits per heavy atom. The zero-order chi connectivity index (χ0) is 15.4. The van der Waals surface area contributed by atoms with E-state index >= 15 is 0 Å². The normalized spacial score (nSPS) is 35.0. The Morgan fingerprint density at radius 2 is 2.10 bits per heavy atom. The van der Waals surface area contributed by atoms with E-state index in [-0.39, 0.29) is 18.5 Å². The minimum absolute atomic E-state index is 0.170. The van der Waals surface area contributed by atoms with Gasteiger partial charge in [-0.25, -0.2) is 4.39 Å². The topological polar surface area (TPSA) is 32.3 Å². The molecule has 0 spiro atoms. The van der Waals surface area contributed by atoms with Gasteiger partial charge in [-0.1, -0.05) is 12.7 Å². The lowest BCUT2D eigenvalue weighted by Crippen LogP contribution is -2.49. The van der Waals surface area contributed by atoms with Gasteiger partial charge in [0.05, 0.1) is 5.83 Å². The van der Waals surface area contributed by atoms with E-state index < -0.39 is 0 Å². The van der Waals surface area contributed by atoms with Crippen LogP contribution in [0.1, 0.15) is 39.5 Å². The van der Waals surface area contributed by atoms with Crippen LogP contribution in [0.3, 0.4) is 0 Å². The van der Waals surface area contributed by atoms with E-state index in [0.29, 0.717) is 11.8 Å². The molecule has 2 N–H and O–H groups in total. The summed E-state index contributed by atoms with van der Waals surface area (Å²) in [5.74, 6) is 1.49. The fourth-order valence-electron chi connectivity index (χ4n) is 4.12. The molecule has 1 heterocycles. The zero-order valence-corrected chi connectivity index (χ0v) is 13.2. The third-order valence-electron chi connectivity index (χ3n) is 5.15. The van der Waals surface area contributed by atoms with Crippen LogP contribution >= 0.6 is 0 Å². The van der Waals surface area contributed by atoms with Crippen molar-refractivity contribution in [1.82, 2.24) is 5.32 Å². The van der Waals surface area contributed by atoms with Crippen LogP contribution in [-0.2, 0) is 0 Å². The summed E-state index contributed by atoms with van der Waals surface area (Å²) in [5.41, 5.74) is 2.06. The summed E-state index contributed by atoms with van der Waals surface area (Å²) >= 11 is 0. The number of hydrogen-bond acceptors (Lipinski definition) is 2. The van der Waals surface area contributed by atoms with Gasteiger partial charge in [0.15, 0.2) is 0 Å². The fraction of sp³-hybridized carbons (Fsp3) is 0.667. The Morgan fingerprint density at radius 3 is 2.71 bits per heavy atom. The van der Waals surface area contributed by atoms with Crippen LogP contribution in [0.15, 0.2) is 35.7 Å². The highest BCUT2D eigenvalue weighted by Crippen LogP contribution is 2.41. The molecule has 0 aromatic heterocycles. The number of piperidine rings is 1. The molecule has 21 heavy (non-hydrogen) atoms. The maximum Gasteiger partial charge on any atom is 0.0971 e. The van der Waals surface area contributed by atoms with Gasteiger partial charge < -0.3 is 10.4 Å². The third kappa shape index (κ3) is 3.83. The zero-order valence-electron chi connectivity index (χ0n) is 13.2. The first-order chi connectivity index (χ1) is 10.1. The molecule has 3 unspecified atom stereocenters. The summed E-state index contributed by atoms with van der Waals surface area (Å²) in [6.07, 6.45) is 8.07. The quantitative estimate of drug-likeness (QED) is 0.774. The Hall–Kier alpha value is -0.930. The maximum absolute atomic E-state index is 13.2. The molecule has 2 nitrogen and oxygen atoms in total. The van der Waals surface area contributed by atoms with E-state index in [1.54, 1.807) is 6.08 Å². The largest absolute Gasteiger partial charge is 0.396 e. The van der Waals surface area contributed by atoms with Crippen molar-refractivity contribution in [3.05, 3.63) is 35.7 Å². The second kappa shape index (κ2) is 7.37. The summed E-state index contributed by atoms with van der Waals surface area (Å²) < 4.78 is 13.2. The Kier molecular flexibility index (Phi) is 5.77. The lowest BCUT2D eigenvalue weighted by Gasteiger charge is -2.45. The SMILES string of the molecule is C=C/C(=C(C)\C=C(/C)F)C1NCCC2CC[C@H](CO)CC21. The van der Waals surface area contributed by atoms with Crippen molar-refractivity contribution in [2.45, 2.75) is 45.6 Å². The standard InChI is InChI=1S/C18H28FNO/c1-4-16(12(2)9-13(3)19)18-17-10-14(11-21)5-6-15(17)7-8-20-18/h4,9,14-15,17-18,20-21H,1,5-8,10-11H2,2-3H3/b13-9+,16-12+/t14-,15?,17?,18?/m0/s1. The van der Waals surface area contributed by atoms with E-state index in [2.05, 4.69) is 11.9 Å². The van der Waals surface area contributed by atoms with Crippen molar-refractivity contribution in [3.63, 3.8) is 0 Å². The summed E-state index contributed by atoms with van der Waals surface area (Å²) in [7, 11) is 0. The van der Waals surface area contributed by atoms with Crippen molar-refractivity contribution >= 4 is 0 Å². The van der Waals surface area contributed by atoms with E-state index in [4.69, 9.17) is 0 Å². The molecular formula is C18H28FNO. The first kappa shape index (κ1) is 16.4. The van der Waals surface area contributed by atoms with Gasteiger partial charge in [0, 0.05) is 12.6 Å². The molecular weight excluding hydrogens is 265 g/mol. The lowest BCUT2D eigenvalue weighted by molar-refractivity contribution is 0.0820. The number of aliphatic hydroxyl groups is 1. The molecule has 1 saturated carbocycles. The fourth-order valence-corrected chi connectivity index (χ4v) is 4.12. The number of fused-ring (bicyclic) bond motifs is 1. The minimum Gasteiger partial charge on any atom is -0.396 e. The Bertz CT molecular complexity index is 436. The van der Waals surface area contributed by atoms with Gasteiger partial charge in [-0.2, -0.15) is 0 Å². The summed E-state index contributed by atoms with van der Waals surface area (Å²) in [6, 6.07) is 0.242. The lowest BCUT2D eigenvalue weighted by atomic mass is 9.66. The van der Waals surface area contributed by atoms with Crippen LogP contribution < -0.4 is 5.32 Å². The third-order valence-corrected chi connectivity index (χ3v) is 5.15. The first-order valence-electron chi connectivity index (χ1n) is 8.08. The highest BCUT2D eigenvalue weighted by atomic mass is 19.1. The average Bonchev–Trinajstić information content (AvgIpc) is 2.47. The van der Waals surface area contributed by atoms with Gasteiger partial charge in [-0.3, -0.25) is 0 Å². The molecule has 0 amide bonds. The molecule has 3 heteroatoms. The van der Waals surface area contributed by atoms with Crippen molar-refractivity contribution in [2.75, 3.05) is 13.2 Å². The second-order valence-electron chi connectivity index (χ2n) is 6.58. The van der Waals surface area contributed by atoms with Crippen LogP contribution in [-0.4, -0.2) is 24.3 Å². The van der Waals surface area contributed by atoms with E-state index in [0.717, 1.165) is 36.5 Å². The molecule has 4 atom stereocenters. The molecule has 0 bridgehead atoms. The average molecular weight is 293 g/mol. The Balaban J connectivity index is 2.26. The van der Waals surface area contributed by atoms with E-state index in [1.165, 1.54) is 19.8 Å². The van der Waals surface area contributed by atoms with E-state index in [9.17, 15) is 9.50 Å². The number of allylic oxidation sites excluding steroid dienone is 3. The van der Waals surface area contributed by atoms with Gasteiger partial charge in [-0.15, -0.1) is 0 Å². The van der Waals surface area contributed by atoms with Crippen LogP contribution in [0.4, 0.5) is 4.39 Å². The van der Waals surface area contributed by atoms with Gasteiger partial charge in [0.1, 0.15) is 0 Å². The molecule has 1 saturated heterocycles. The highest BCUT2D eigenvalue weighted by molar-refractivity contribution is 5.36. The van der Waals surface area contributed by atoms with Gasteiger partial charge in [0.25, 0.3) is 0 Å². The molecule has 1 aliphatic heterocycles. The van der Waals surface area contributed by atoms with Gasteiger partial charge >= 0.3 is 0 Å². The smallest absolute Gasteiger partial charge is 0.0971 e. The molecule has 2 rings (SSSR count). The molecule has 2 aliphatic rings. The van der Waals surface area contributed by atoms with E-state index in [1.807, 2.05) is 13.0 Å². The van der Waals surface area contributed by atoms with Crippen LogP contribution in [0.5, 0.6) is 0 Å². The number of aliphatic hydroxyl groups excluding tert-OH is 1. The number of halogens is 1. The first-order valence-corrected chi connectivity index (χ1v) is 8.08. The molecule has 1 aliphatic carbocycles. The van der Waals surface area contributed by atoms with Crippen molar-refractivity contribution in [3.8, 4) is 0 Å². The molecule has 118 valence electrons. The van der Waals surface area contributed by atoms with Crippen molar-refractivity contribution in [2.24, 2.45) is 17.8 Å². The summed E-state index contributed by atoms with van der Waals surface area (Å²) in [6.45, 7) is 8.67. The Labute approximate surface area is 127 Å². The molecule has 0 aromatic rings. The summed E-state index contributed by atoms with van der Waals surface area (Å²) in [4.78, 5) is 0. The number of rotatable bonds is 4. The number of nitrogens with one attached hydrogen (secondary N) is 1. The maximum atomic E-state index is 13.2. The predicted molar refractivity (Wildman–Crippen MR) is 85.6 cm³/mol. The number of hydrogen-bond donors (Lipinski definition) is 2.